The van der Waals surface area contributed by atoms with Crippen LogP contribution in [-0.2, 0) is 5.75 Å². The molecule has 0 atom stereocenters. The van der Waals surface area contributed by atoms with Gasteiger partial charge in [-0.15, -0.1) is 11.8 Å². The summed E-state index contributed by atoms with van der Waals surface area (Å²) in [7, 11) is 0. The Morgan fingerprint density at radius 1 is 1.14 bits per heavy atom. The van der Waals surface area contributed by atoms with Gasteiger partial charge < -0.3 is 0 Å². The molecule has 0 saturated carbocycles. The van der Waals surface area contributed by atoms with Crippen molar-refractivity contribution in [3.63, 3.8) is 0 Å². The number of benzene rings is 2. The lowest BCUT2D eigenvalue weighted by molar-refractivity contribution is 0.0979. The van der Waals surface area contributed by atoms with E-state index in [0.717, 1.165) is 40.2 Å². The Morgan fingerprint density at radius 2 is 1.86 bits per heavy atom. The maximum absolute atomic E-state index is 11.9. The average molecular weight is 309 g/mol. The number of hydrogen-bond acceptors (Lipinski definition) is 3. The first-order valence-corrected chi connectivity index (χ1v) is 8.47. The first kappa shape index (κ1) is 16.3. The lowest BCUT2D eigenvalue weighted by Crippen LogP contribution is -1.98. The van der Waals surface area contributed by atoms with E-state index in [2.05, 4.69) is 13.0 Å². The highest BCUT2D eigenvalue weighted by Gasteiger charge is 2.06. The fraction of sp³-hybridized carbons (Fsp3) is 0.263. The summed E-state index contributed by atoms with van der Waals surface area (Å²) >= 11 is 1.68. The van der Waals surface area contributed by atoms with Gasteiger partial charge >= 0.3 is 0 Å². The summed E-state index contributed by atoms with van der Waals surface area (Å²) in [5.74, 6) is 0.973. The molecule has 0 heterocycles. The van der Waals surface area contributed by atoms with Crippen molar-refractivity contribution in [3.8, 4) is 6.07 Å². The number of rotatable bonds is 7. The topological polar surface area (TPSA) is 40.9 Å². The maximum Gasteiger partial charge on any atom is 0.162 e. The van der Waals surface area contributed by atoms with Crippen LogP contribution in [0.1, 0.15) is 47.7 Å². The fourth-order valence-electron chi connectivity index (χ4n) is 2.14. The lowest BCUT2D eigenvalue weighted by Gasteiger charge is -2.05. The Kier molecular flexibility index (Phi) is 6.24. The fourth-order valence-corrected chi connectivity index (χ4v) is 3.04. The molecule has 112 valence electrons. The van der Waals surface area contributed by atoms with Crippen LogP contribution in [-0.4, -0.2) is 5.78 Å². The molecule has 0 amide bonds. The normalized spacial score (nSPS) is 10.2. The minimum Gasteiger partial charge on any atom is -0.294 e. The van der Waals surface area contributed by atoms with Gasteiger partial charge in [-0.05, 0) is 30.2 Å². The smallest absolute Gasteiger partial charge is 0.162 e. The van der Waals surface area contributed by atoms with Gasteiger partial charge in [0.1, 0.15) is 0 Å². The minimum absolute atomic E-state index is 0.216. The zero-order chi connectivity index (χ0) is 15.8. The molecular weight excluding hydrogens is 290 g/mol. The van der Waals surface area contributed by atoms with Crippen molar-refractivity contribution in [2.75, 3.05) is 0 Å². The molecule has 0 spiro atoms. The van der Waals surface area contributed by atoms with E-state index in [1.165, 1.54) is 0 Å². The van der Waals surface area contributed by atoms with Crippen molar-refractivity contribution in [2.24, 2.45) is 0 Å². The first-order chi connectivity index (χ1) is 10.7. The number of thioether (sulfide) groups is 1. The Hall–Kier alpha value is -2.05. The van der Waals surface area contributed by atoms with E-state index in [0.29, 0.717) is 6.42 Å². The number of nitriles is 1. The maximum atomic E-state index is 11.9. The molecule has 2 nitrogen and oxygen atoms in total. The minimum atomic E-state index is 0.216. The molecule has 0 aromatic heterocycles. The zero-order valence-corrected chi connectivity index (χ0v) is 13.5. The molecule has 2 aromatic carbocycles. The van der Waals surface area contributed by atoms with E-state index in [1.807, 2.05) is 48.5 Å². The van der Waals surface area contributed by atoms with Crippen LogP contribution in [0.25, 0.3) is 0 Å². The molecule has 2 aromatic rings. The molecule has 0 aliphatic carbocycles. The van der Waals surface area contributed by atoms with Crippen LogP contribution in [0.4, 0.5) is 0 Å². The van der Waals surface area contributed by atoms with E-state index < -0.39 is 0 Å². The van der Waals surface area contributed by atoms with Crippen LogP contribution in [0, 0.1) is 11.3 Å². The summed E-state index contributed by atoms with van der Waals surface area (Å²) in [6, 6.07) is 17.6. The van der Waals surface area contributed by atoms with E-state index in [9.17, 15) is 4.79 Å². The van der Waals surface area contributed by atoms with Crippen LogP contribution in [0.15, 0.2) is 53.4 Å². The quantitative estimate of drug-likeness (QED) is 0.520. The molecule has 0 aliphatic rings. The van der Waals surface area contributed by atoms with E-state index >= 15 is 0 Å². The third kappa shape index (κ3) is 4.47. The lowest BCUT2D eigenvalue weighted by atomic mass is 10.1. The standard InChI is InChI=1S/C19H19NOS/c1-2-3-8-19(21)15-9-11-18(12-10-15)22-14-17-7-5-4-6-16(17)13-20/h4-7,9-12H,2-3,8,14H2,1H3. The van der Waals surface area contributed by atoms with Crippen LogP contribution < -0.4 is 0 Å². The van der Waals surface area contributed by atoms with Gasteiger partial charge in [-0.2, -0.15) is 5.26 Å². The monoisotopic (exact) mass is 309 g/mol. The SMILES string of the molecule is CCCCC(=O)c1ccc(SCc2ccccc2C#N)cc1. The summed E-state index contributed by atoms with van der Waals surface area (Å²) < 4.78 is 0. The van der Waals surface area contributed by atoms with E-state index in [1.54, 1.807) is 11.8 Å². The molecule has 0 saturated heterocycles. The number of nitrogens with zero attached hydrogens (tertiary/aromatic N) is 1. The summed E-state index contributed by atoms with van der Waals surface area (Å²) in [4.78, 5) is 13.0. The largest absolute Gasteiger partial charge is 0.294 e. The van der Waals surface area contributed by atoms with Gasteiger partial charge in [0, 0.05) is 22.6 Å². The van der Waals surface area contributed by atoms with Crippen molar-refractivity contribution < 1.29 is 4.79 Å². The molecule has 0 bridgehead atoms. The Morgan fingerprint density at radius 3 is 2.55 bits per heavy atom. The zero-order valence-electron chi connectivity index (χ0n) is 12.7. The Balaban J connectivity index is 1.97. The second-order valence-electron chi connectivity index (χ2n) is 5.11. The number of carbonyl (C=O) groups is 1. The van der Waals surface area contributed by atoms with Crippen LogP contribution in [0.2, 0.25) is 0 Å². The number of Topliss-reactive ketones (excluding diaryl/α,β-unsaturated/α-hetero) is 1. The summed E-state index contributed by atoms with van der Waals surface area (Å²) in [5, 5.41) is 9.09. The van der Waals surface area contributed by atoms with Gasteiger partial charge in [0.05, 0.1) is 11.6 Å². The highest BCUT2D eigenvalue weighted by molar-refractivity contribution is 7.98. The van der Waals surface area contributed by atoms with Crippen molar-refractivity contribution >= 4 is 17.5 Å². The second kappa shape index (κ2) is 8.41. The van der Waals surface area contributed by atoms with Gasteiger partial charge in [0.15, 0.2) is 5.78 Å². The summed E-state index contributed by atoms with van der Waals surface area (Å²) in [6.07, 6.45) is 2.61. The summed E-state index contributed by atoms with van der Waals surface area (Å²) in [5.41, 5.74) is 2.55. The highest BCUT2D eigenvalue weighted by Crippen LogP contribution is 2.25. The average Bonchev–Trinajstić information content (AvgIpc) is 2.58. The molecular formula is C19H19NOS. The molecule has 3 heteroatoms. The van der Waals surface area contributed by atoms with E-state index in [-0.39, 0.29) is 5.78 Å². The number of ketones is 1. The van der Waals surface area contributed by atoms with E-state index in [4.69, 9.17) is 5.26 Å². The number of hydrogen-bond donors (Lipinski definition) is 0. The van der Waals surface area contributed by atoms with Gasteiger partial charge in [-0.1, -0.05) is 43.7 Å². The Labute approximate surface area is 136 Å². The Bertz CT molecular complexity index is 671. The molecule has 0 aliphatic heterocycles. The molecule has 0 N–H and O–H groups in total. The van der Waals surface area contributed by atoms with Gasteiger partial charge in [0.2, 0.25) is 0 Å². The van der Waals surface area contributed by atoms with Gasteiger partial charge in [-0.25, -0.2) is 0 Å². The highest BCUT2D eigenvalue weighted by atomic mass is 32.2. The molecule has 0 fully saturated rings. The van der Waals surface area contributed by atoms with Crippen molar-refractivity contribution in [3.05, 3.63) is 65.2 Å². The third-order valence-corrected chi connectivity index (χ3v) is 4.53. The van der Waals surface area contributed by atoms with Crippen molar-refractivity contribution in [2.45, 2.75) is 36.8 Å². The molecule has 0 unspecified atom stereocenters. The first-order valence-electron chi connectivity index (χ1n) is 7.48. The predicted molar refractivity (Wildman–Crippen MR) is 91.0 cm³/mol. The van der Waals surface area contributed by atoms with Crippen LogP contribution >= 0.6 is 11.8 Å². The molecule has 0 radical (unpaired) electrons. The summed E-state index contributed by atoms with van der Waals surface area (Å²) in [6.45, 7) is 2.09. The number of carbonyl (C=O) groups excluding carboxylic acids is 1. The van der Waals surface area contributed by atoms with Crippen LogP contribution in [0.3, 0.4) is 0 Å². The van der Waals surface area contributed by atoms with Crippen LogP contribution in [0.5, 0.6) is 0 Å². The van der Waals surface area contributed by atoms with Gasteiger partial charge in [-0.3, -0.25) is 4.79 Å². The van der Waals surface area contributed by atoms with Crippen molar-refractivity contribution in [1.29, 1.82) is 5.26 Å². The van der Waals surface area contributed by atoms with Gasteiger partial charge in [0.25, 0.3) is 0 Å². The van der Waals surface area contributed by atoms with Crippen molar-refractivity contribution in [1.82, 2.24) is 0 Å². The second-order valence-corrected chi connectivity index (χ2v) is 6.16. The third-order valence-electron chi connectivity index (χ3n) is 3.47. The predicted octanol–water partition coefficient (Wildman–Crippen LogP) is 5.22. The molecule has 22 heavy (non-hydrogen) atoms. The molecule has 2 rings (SSSR count). The number of unbranched alkanes of at least 4 members (excludes halogenated alkanes) is 1.